The van der Waals surface area contributed by atoms with Crippen molar-refractivity contribution < 1.29 is 37.4 Å². The number of carbonyl (C=O) groups is 3. The largest absolute Gasteiger partial charge is 0.481 e. The number of alkyl halides is 3. The summed E-state index contributed by atoms with van der Waals surface area (Å²) < 4.78 is 42.6. The highest BCUT2D eigenvalue weighted by Crippen LogP contribution is 2.28. The first-order chi connectivity index (χ1) is 8.62. The van der Waals surface area contributed by atoms with Gasteiger partial charge in [-0.3, -0.25) is 14.4 Å². The Hall–Kier alpha value is -1.80. The predicted octanol–water partition coefficient (Wildman–Crippen LogP) is 0.414. The molecule has 2 unspecified atom stereocenters. The van der Waals surface area contributed by atoms with E-state index in [1.165, 1.54) is 0 Å². The number of cyclic esters (lactones) is 1. The number of rotatable bonds is 4. The molecule has 0 radical (unpaired) electrons. The molecule has 0 aromatic heterocycles. The molecule has 0 aromatic rings. The first kappa shape index (κ1) is 15.3. The second-order valence-electron chi connectivity index (χ2n) is 4.19. The molecule has 1 rings (SSSR count). The molecule has 1 heterocycles. The molecular weight excluding hydrogens is 271 g/mol. The van der Waals surface area contributed by atoms with E-state index in [9.17, 15) is 27.6 Å². The number of carboxylic acid groups (broad SMARTS) is 1. The molecule has 1 fully saturated rings. The molecule has 0 aromatic carbocycles. The van der Waals surface area contributed by atoms with Crippen molar-refractivity contribution in [2.75, 3.05) is 13.7 Å². The summed E-state index contributed by atoms with van der Waals surface area (Å²) in [5.74, 6) is -4.26. The van der Waals surface area contributed by atoms with Gasteiger partial charge < -0.3 is 14.7 Å². The summed E-state index contributed by atoms with van der Waals surface area (Å²) >= 11 is 0. The van der Waals surface area contributed by atoms with Crippen LogP contribution in [0.5, 0.6) is 0 Å². The van der Waals surface area contributed by atoms with Crippen molar-refractivity contribution >= 4 is 17.8 Å². The van der Waals surface area contributed by atoms with E-state index in [-0.39, 0.29) is 13.0 Å². The number of esters is 1. The third-order valence-electron chi connectivity index (χ3n) is 2.77. The normalized spacial score (nSPS) is 20.8. The van der Waals surface area contributed by atoms with E-state index < -0.39 is 42.4 Å². The van der Waals surface area contributed by atoms with Crippen LogP contribution in [0.15, 0.2) is 0 Å². The number of amides is 1. The van der Waals surface area contributed by atoms with Crippen LogP contribution in [0.1, 0.15) is 12.8 Å². The zero-order chi connectivity index (χ0) is 14.8. The van der Waals surface area contributed by atoms with Gasteiger partial charge in [-0.15, -0.1) is 0 Å². The van der Waals surface area contributed by atoms with Gasteiger partial charge in [-0.2, -0.15) is 13.2 Å². The van der Waals surface area contributed by atoms with Crippen LogP contribution in [0.4, 0.5) is 13.2 Å². The molecule has 9 heteroatoms. The number of hydrogen-bond acceptors (Lipinski definition) is 4. The zero-order valence-electron chi connectivity index (χ0n) is 9.94. The van der Waals surface area contributed by atoms with E-state index in [2.05, 4.69) is 4.74 Å². The van der Waals surface area contributed by atoms with Gasteiger partial charge in [0.05, 0.1) is 18.8 Å². The Morgan fingerprint density at radius 1 is 1.53 bits per heavy atom. The fourth-order valence-corrected chi connectivity index (χ4v) is 1.75. The molecule has 0 aliphatic carbocycles. The van der Waals surface area contributed by atoms with E-state index in [1.54, 1.807) is 0 Å². The Morgan fingerprint density at radius 3 is 2.47 bits per heavy atom. The van der Waals surface area contributed by atoms with Crippen molar-refractivity contribution in [2.24, 2.45) is 5.92 Å². The van der Waals surface area contributed by atoms with Gasteiger partial charge in [0.15, 0.2) is 0 Å². The molecule has 108 valence electrons. The van der Waals surface area contributed by atoms with Crippen molar-refractivity contribution in [1.29, 1.82) is 0 Å². The average Bonchev–Trinajstić information content (AvgIpc) is 2.69. The summed E-state index contributed by atoms with van der Waals surface area (Å²) in [6.07, 6.45) is -6.39. The maximum atomic E-state index is 12.7. The summed E-state index contributed by atoms with van der Waals surface area (Å²) in [5, 5.41) is 8.47. The molecule has 1 aliphatic rings. The maximum absolute atomic E-state index is 12.7. The minimum absolute atomic E-state index is 0.278. The van der Waals surface area contributed by atoms with E-state index in [1.807, 2.05) is 0 Å². The van der Waals surface area contributed by atoms with Crippen LogP contribution < -0.4 is 0 Å². The number of aliphatic carboxylic acids is 1. The highest BCUT2D eigenvalue weighted by Gasteiger charge is 2.47. The molecule has 19 heavy (non-hydrogen) atoms. The quantitative estimate of drug-likeness (QED) is 0.756. The van der Waals surface area contributed by atoms with Crippen LogP contribution in [0.2, 0.25) is 0 Å². The standard InChI is InChI=1S/C10H12F3NO5/c1-14(6(3-7(15)16)10(11,12)13)9(18)5-2-8(17)19-4-5/h5-6H,2-4H2,1H3,(H,15,16). The Morgan fingerprint density at radius 2 is 2.11 bits per heavy atom. The average molecular weight is 283 g/mol. The van der Waals surface area contributed by atoms with Crippen molar-refractivity contribution in [2.45, 2.75) is 25.1 Å². The monoisotopic (exact) mass is 283 g/mol. The molecule has 0 bridgehead atoms. The van der Waals surface area contributed by atoms with Crippen LogP contribution >= 0.6 is 0 Å². The van der Waals surface area contributed by atoms with Gasteiger partial charge in [0, 0.05) is 7.05 Å². The second kappa shape index (κ2) is 5.45. The summed E-state index contributed by atoms with van der Waals surface area (Å²) in [4.78, 5) is 33.3. The highest BCUT2D eigenvalue weighted by atomic mass is 19.4. The van der Waals surface area contributed by atoms with Crippen LogP contribution in [0.3, 0.4) is 0 Å². The lowest BCUT2D eigenvalue weighted by atomic mass is 10.0. The lowest BCUT2D eigenvalue weighted by molar-refractivity contribution is -0.193. The molecule has 1 amide bonds. The molecule has 1 saturated heterocycles. The molecule has 6 nitrogen and oxygen atoms in total. The smallest absolute Gasteiger partial charge is 0.409 e. The van der Waals surface area contributed by atoms with E-state index >= 15 is 0 Å². The molecule has 1 N–H and O–H groups in total. The van der Waals surface area contributed by atoms with Gasteiger partial charge in [-0.1, -0.05) is 0 Å². The Balaban J connectivity index is 2.81. The van der Waals surface area contributed by atoms with Gasteiger partial charge in [0.1, 0.15) is 12.6 Å². The number of halogens is 3. The fourth-order valence-electron chi connectivity index (χ4n) is 1.75. The molecule has 0 spiro atoms. The number of ether oxygens (including phenoxy) is 1. The first-order valence-corrected chi connectivity index (χ1v) is 5.33. The minimum Gasteiger partial charge on any atom is -0.481 e. The Kier molecular flexibility index (Phi) is 4.38. The number of hydrogen-bond donors (Lipinski definition) is 1. The highest BCUT2D eigenvalue weighted by molar-refractivity contribution is 5.86. The summed E-state index contributed by atoms with van der Waals surface area (Å²) in [7, 11) is 0.867. The zero-order valence-corrected chi connectivity index (χ0v) is 9.94. The van der Waals surface area contributed by atoms with Gasteiger partial charge in [0.2, 0.25) is 5.91 Å². The van der Waals surface area contributed by atoms with Crippen molar-refractivity contribution in [3.05, 3.63) is 0 Å². The van der Waals surface area contributed by atoms with Gasteiger partial charge in [-0.25, -0.2) is 0 Å². The van der Waals surface area contributed by atoms with Gasteiger partial charge in [-0.05, 0) is 0 Å². The first-order valence-electron chi connectivity index (χ1n) is 5.33. The Bertz CT molecular complexity index is 395. The molecule has 1 aliphatic heterocycles. The SMILES string of the molecule is CN(C(=O)C1COC(=O)C1)C(CC(=O)O)C(F)(F)F. The summed E-state index contributed by atoms with van der Waals surface area (Å²) in [6.45, 7) is -0.278. The van der Waals surface area contributed by atoms with Crippen molar-refractivity contribution in [1.82, 2.24) is 4.90 Å². The van der Waals surface area contributed by atoms with Gasteiger partial charge in [0.25, 0.3) is 0 Å². The summed E-state index contributed by atoms with van der Waals surface area (Å²) in [5.41, 5.74) is 0. The van der Waals surface area contributed by atoms with Crippen LogP contribution in [0, 0.1) is 5.92 Å². The van der Waals surface area contributed by atoms with E-state index in [4.69, 9.17) is 5.11 Å². The lowest BCUT2D eigenvalue weighted by Gasteiger charge is -2.30. The topological polar surface area (TPSA) is 83.9 Å². The number of carboxylic acids is 1. The predicted molar refractivity (Wildman–Crippen MR) is 53.9 cm³/mol. The fraction of sp³-hybridized carbons (Fsp3) is 0.700. The molecular formula is C10H12F3NO5. The van der Waals surface area contributed by atoms with Crippen molar-refractivity contribution in [3.8, 4) is 0 Å². The Labute approximate surface area is 106 Å². The van der Waals surface area contributed by atoms with Crippen LogP contribution in [-0.2, 0) is 19.1 Å². The third kappa shape index (κ3) is 3.83. The van der Waals surface area contributed by atoms with Gasteiger partial charge >= 0.3 is 18.1 Å². The lowest BCUT2D eigenvalue weighted by Crippen LogP contribution is -2.49. The summed E-state index contributed by atoms with van der Waals surface area (Å²) in [6, 6.07) is -2.42. The minimum atomic E-state index is -4.85. The van der Waals surface area contributed by atoms with E-state index in [0.29, 0.717) is 4.90 Å². The van der Waals surface area contributed by atoms with Crippen LogP contribution in [-0.4, -0.2) is 53.7 Å². The molecule has 2 atom stereocenters. The molecule has 0 saturated carbocycles. The van der Waals surface area contributed by atoms with Crippen LogP contribution in [0.25, 0.3) is 0 Å². The maximum Gasteiger partial charge on any atom is 0.409 e. The number of carbonyl (C=O) groups excluding carboxylic acids is 2. The second-order valence-corrected chi connectivity index (χ2v) is 4.19. The number of nitrogens with zero attached hydrogens (tertiary/aromatic N) is 1. The third-order valence-corrected chi connectivity index (χ3v) is 2.77. The van der Waals surface area contributed by atoms with Crippen molar-refractivity contribution in [3.63, 3.8) is 0 Å². The van der Waals surface area contributed by atoms with E-state index in [0.717, 1.165) is 7.05 Å².